The van der Waals surface area contributed by atoms with Crippen molar-refractivity contribution in [3.63, 3.8) is 0 Å². The highest BCUT2D eigenvalue weighted by Gasteiger charge is 2.06. The summed E-state index contributed by atoms with van der Waals surface area (Å²) in [6.07, 6.45) is 1.58. The first-order valence-corrected chi connectivity index (χ1v) is 8.80. The Kier molecular flexibility index (Phi) is 5.30. The van der Waals surface area contributed by atoms with E-state index in [1.807, 2.05) is 30.3 Å². The lowest BCUT2D eigenvalue weighted by Gasteiger charge is -2.12. The van der Waals surface area contributed by atoms with E-state index in [-0.39, 0.29) is 0 Å². The van der Waals surface area contributed by atoms with Gasteiger partial charge in [-0.25, -0.2) is 9.97 Å². The summed E-state index contributed by atoms with van der Waals surface area (Å²) in [5, 5.41) is 4.33. The SMILES string of the molecule is CC(C)c1ccc(OCCNc2ncnc3ccccc23)c(Br)c1. The number of rotatable bonds is 6. The van der Waals surface area contributed by atoms with Gasteiger partial charge in [-0.3, -0.25) is 0 Å². The average Bonchev–Trinajstić information content (AvgIpc) is 2.59. The second-order valence-electron chi connectivity index (χ2n) is 5.86. The number of hydrogen-bond acceptors (Lipinski definition) is 4. The van der Waals surface area contributed by atoms with Gasteiger partial charge < -0.3 is 10.1 Å². The van der Waals surface area contributed by atoms with Gasteiger partial charge >= 0.3 is 0 Å². The van der Waals surface area contributed by atoms with Gasteiger partial charge in [0.25, 0.3) is 0 Å². The first-order chi connectivity index (χ1) is 11.6. The molecule has 0 aliphatic heterocycles. The van der Waals surface area contributed by atoms with Gasteiger partial charge in [-0.2, -0.15) is 0 Å². The van der Waals surface area contributed by atoms with Crippen LogP contribution in [0.5, 0.6) is 5.75 Å². The molecule has 0 saturated heterocycles. The Morgan fingerprint density at radius 3 is 2.75 bits per heavy atom. The van der Waals surface area contributed by atoms with Crippen molar-refractivity contribution in [1.82, 2.24) is 9.97 Å². The van der Waals surface area contributed by atoms with E-state index in [0.29, 0.717) is 19.1 Å². The third-order valence-corrected chi connectivity index (χ3v) is 4.44. The number of anilines is 1. The van der Waals surface area contributed by atoms with Crippen LogP contribution in [0.1, 0.15) is 25.3 Å². The van der Waals surface area contributed by atoms with Crippen molar-refractivity contribution in [3.05, 3.63) is 58.8 Å². The molecule has 0 atom stereocenters. The van der Waals surface area contributed by atoms with Crippen molar-refractivity contribution < 1.29 is 4.74 Å². The van der Waals surface area contributed by atoms with Gasteiger partial charge in [-0.05, 0) is 51.7 Å². The minimum Gasteiger partial charge on any atom is -0.491 e. The molecule has 5 heteroatoms. The number of para-hydroxylation sites is 1. The Hall–Kier alpha value is -2.14. The number of hydrogen-bond donors (Lipinski definition) is 1. The second-order valence-corrected chi connectivity index (χ2v) is 6.71. The molecule has 1 heterocycles. The Morgan fingerprint density at radius 2 is 1.96 bits per heavy atom. The molecule has 3 rings (SSSR count). The van der Waals surface area contributed by atoms with Crippen LogP contribution in [0.2, 0.25) is 0 Å². The van der Waals surface area contributed by atoms with Crippen LogP contribution in [0.25, 0.3) is 10.9 Å². The fraction of sp³-hybridized carbons (Fsp3) is 0.263. The van der Waals surface area contributed by atoms with Crippen molar-refractivity contribution in [3.8, 4) is 5.75 Å². The molecule has 0 radical (unpaired) electrons. The fourth-order valence-corrected chi connectivity index (χ4v) is 2.98. The molecular formula is C19H20BrN3O. The molecule has 0 spiro atoms. The van der Waals surface area contributed by atoms with Gasteiger partial charge in [0, 0.05) is 5.39 Å². The largest absolute Gasteiger partial charge is 0.491 e. The van der Waals surface area contributed by atoms with Gasteiger partial charge in [0.2, 0.25) is 0 Å². The van der Waals surface area contributed by atoms with Crippen molar-refractivity contribution in [1.29, 1.82) is 0 Å². The van der Waals surface area contributed by atoms with E-state index in [1.54, 1.807) is 6.33 Å². The monoisotopic (exact) mass is 385 g/mol. The molecule has 0 amide bonds. The minimum atomic E-state index is 0.503. The molecule has 124 valence electrons. The summed E-state index contributed by atoms with van der Waals surface area (Å²) >= 11 is 3.58. The predicted molar refractivity (Wildman–Crippen MR) is 102 cm³/mol. The van der Waals surface area contributed by atoms with Crippen LogP contribution in [-0.4, -0.2) is 23.1 Å². The Morgan fingerprint density at radius 1 is 1.12 bits per heavy atom. The predicted octanol–water partition coefficient (Wildman–Crippen LogP) is 5.01. The molecule has 0 aliphatic carbocycles. The third kappa shape index (κ3) is 3.85. The summed E-state index contributed by atoms with van der Waals surface area (Å²) in [6, 6.07) is 14.2. The molecule has 2 aromatic carbocycles. The van der Waals surface area contributed by atoms with Gasteiger partial charge in [0.05, 0.1) is 16.5 Å². The molecule has 0 aliphatic rings. The number of nitrogens with one attached hydrogen (secondary N) is 1. The van der Waals surface area contributed by atoms with Crippen molar-refractivity contribution in [2.45, 2.75) is 19.8 Å². The second kappa shape index (κ2) is 7.62. The lowest BCUT2D eigenvalue weighted by atomic mass is 10.0. The number of halogens is 1. The zero-order valence-electron chi connectivity index (χ0n) is 13.8. The quantitative estimate of drug-likeness (QED) is 0.606. The lowest BCUT2D eigenvalue weighted by Crippen LogP contribution is -2.13. The van der Waals surface area contributed by atoms with Crippen LogP contribution < -0.4 is 10.1 Å². The topological polar surface area (TPSA) is 47.0 Å². The molecule has 0 fully saturated rings. The molecule has 3 aromatic rings. The maximum atomic E-state index is 5.85. The van der Waals surface area contributed by atoms with E-state index < -0.39 is 0 Å². The van der Waals surface area contributed by atoms with Crippen molar-refractivity contribution >= 4 is 32.7 Å². The molecule has 4 nitrogen and oxygen atoms in total. The lowest BCUT2D eigenvalue weighted by molar-refractivity contribution is 0.330. The van der Waals surface area contributed by atoms with Crippen molar-refractivity contribution in [2.75, 3.05) is 18.5 Å². The van der Waals surface area contributed by atoms with Crippen molar-refractivity contribution in [2.24, 2.45) is 0 Å². The third-order valence-electron chi connectivity index (χ3n) is 3.82. The van der Waals surface area contributed by atoms with Crippen LogP contribution in [0, 0.1) is 0 Å². The standard InChI is InChI=1S/C19H20BrN3O/c1-13(2)14-7-8-18(16(20)11-14)24-10-9-21-19-15-5-3-4-6-17(15)22-12-23-19/h3-8,11-13H,9-10H2,1-2H3,(H,21,22,23). The first-order valence-electron chi connectivity index (χ1n) is 8.01. The van der Waals surface area contributed by atoms with E-state index in [2.05, 4.69) is 57.2 Å². The molecule has 0 saturated carbocycles. The van der Waals surface area contributed by atoms with E-state index in [9.17, 15) is 0 Å². The summed E-state index contributed by atoms with van der Waals surface area (Å²) in [4.78, 5) is 8.58. The van der Waals surface area contributed by atoms with Gasteiger partial charge in [-0.15, -0.1) is 0 Å². The molecule has 0 unspecified atom stereocenters. The van der Waals surface area contributed by atoms with E-state index in [4.69, 9.17) is 4.74 Å². The highest BCUT2D eigenvalue weighted by molar-refractivity contribution is 9.10. The average molecular weight is 386 g/mol. The highest BCUT2D eigenvalue weighted by Crippen LogP contribution is 2.28. The van der Waals surface area contributed by atoms with Gasteiger partial charge in [0.1, 0.15) is 24.5 Å². The van der Waals surface area contributed by atoms with Gasteiger partial charge in [-0.1, -0.05) is 32.0 Å². The van der Waals surface area contributed by atoms with Crippen LogP contribution in [0.4, 0.5) is 5.82 Å². The summed E-state index contributed by atoms with van der Waals surface area (Å²) in [6.45, 7) is 5.58. The maximum Gasteiger partial charge on any atom is 0.137 e. The zero-order chi connectivity index (χ0) is 16.9. The number of fused-ring (bicyclic) bond motifs is 1. The smallest absolute Gasteiger partial charge is 0.137 e. The summed E-state index contributed by atoms with van der Waals surface area (Å²) in [5.74, 6) is 2.19. The minimum absolute atomic E-state index is 0.503. The van der Waals surface area contributed by atoms with Crippen LogP contribution >= 0.6 is 15.9 Å². The van der Waals surface area contributed by atoms with Crippen LogP contribution in [-0.2, 0) is 0 Å². The maximum absolute atomic E-state index is 5.85. The first kappa shape index (κ1) is 16.7. The Bertz CT molecular complexity index is 830. The Balaban J connectivity index is 1.59. The Labute approximate surface area is 150 Å². The van der Waals surface area contributed by atoms with Gasteiger partial charge in [0.15, 0.2) is 0 Å². The zero-order valence-corrected chi connectivity index (χ0v) is 15.4. The molecule has 0 bridgehead atoms. The van der Waals surface area contributed by atoms with Crippen LogP contribution in [0.15, 0.2) is 53.3 Å². The van der Waals surface area contributed by atoms with E-state index in [1.165, 1.54) is 5.56 Å². The summed E-state index contributed by atoms with van der Waals surface area (Å²) in [7, 11) is 0. The number of ether oxygens (including phenoxy) is 1. The van der Waals surface area contributed by atoms with E-state index in [0.717, 1.165) is 26.9 Å². The normalized spacial score (nSPS) is 11.0. The number of aromatic nitrogens is 2. The molecule has 1 aromatic heterocycles. The molecule has 24 heavy (non-hydrogen) atoms. The highest BCUT2D eigenvalue weighted by atomic mass is 79.9. The summed E-state index contributed by atoms with van der Waals surface area (Å²) < 4.78 is 6.84. The number of nitrogens with zero attached hydrogens (tertiary/aromatic N) is 2. The number of benzene rings is 2. The molecular weight excluding hydrogens is 366 g/mol. The van der Waals surface area contributed by atoms with Crippen LogP contribution in [0.3, 0.4) is 0 Å². The summed E-state index contributed by atoms with van der Waals surface area (Å²) in [5.41, 5.74) is 2.22. The van der Waals surface area contributed by atoms with E-state index >= 15 is 0 Å². The fourth-order valence-electron chi connectivity index (χ4n) is 2.47. The molecule has 1 N–H and O–H groups in total.